The van der Waals surface area contributed by atoms with Crippen molar-refractivity contribution in [1.82, 2.24) is 25.3 Å². The second kappa shape index (κ2) is 6.29. The van der Waals surface area contributed by atoms with Crippen LogP contribution in [0.15, 0.2) is 24.7 Å². The molecule has 0 amide bonds. The van der Waals surface area contributed by atoms with E-state index in [1.54, 1.807) is 24.2 Å². The third kappa shape index (κ3) is 3.29. The van der Waals surface area contributed by atoms with Crippen LogP contribution in [0.3, 0.4) is 0 Å². The number of likely N-dealkylation sites (N-methyl/N-ethyl adjacent to an activating group) is 1. The molecule has 1 atom stereocenters. The topological polar surface area (TPSA) is 64.9 Å². The van der Waals surface area contributed by atoms with Crippen molar-refractivity contribution in [2.45, 2.75) is 19.4 Å². The normalized spacial score (nSPS) is 12.4. The van der Waals surface area contributed by atoms with Crippen molar-refractivity contribution in [1.29, 1.82) is 0 Å². The molecule has 1 unspecified atom stereocenters. The number of rotatable bonds is 6. The molecule has 0 aliphatic rings. The van der Waals surface area contributed by atoms with Gasteiger partial charge in [-0.05, 0) is 12.6 Å². The number of pyridine rings is 1. The van der Waals surface area contributed by atoms with Crippen molar-refractivity contribution in [2.24, 2.45) is 7.05 Å². The Morgan fingerprint density at radius 2 is 2.32 bits per heavy atom. The maximum absolute atomic E-state index is 5.37. The number of hydrogen-bond donors (Lipinski definition) is 1. The van der Waals surface area contributed by atoms with Gasteiger partial charge in [0.1, 0.15) is 5.75 Å². The molecule has 0 aliphatic carbocycles. The van der Waals surface area contributed by atoms with Crippen LogP contribution < -0.4 is 10.1 Å². The zero-order chi connectivity index (χ0) is 13.7. The van der Waals surface area contributed by atoms with Gasteiger partial charge >= 0.3 is 0 Å². The maximum Gasteiger partial charge on any atom is 0.141 e. The predicted molar refractivity (Wildman–Crippen MR) is 71.9 cm³/mol. The fourth-order valence-electron chi connectivity index (χ4n) is 2.09. The van der Waals surface area contributed by atoms with Gasteiger partial charge in [-0.2, -0.15) is 0 Å². The van der Waals surface area contributed by atoms with Crippen LogP contribution in [0.5, 0.6) is 5.75 Å². The van der Waals surface area contributed by atoms with E-state index in [0.29, 0.717) is 0 Å². The van der Waals surface area contributed by atoms with E-state index < -0.39 is 0 Å². The van der Waals surface area contributed by atoms with E-state index in [1.807, 2.05) is 19.3 Å². The fraction of sp³-hybridized carbons (Fsp3) is 0.462. The molecule has 0 saturated carbocycles. The highest BCUT2D eigenvalue weighted by molar-refractivity contribution is 5.33. The van der Waals surface area contributed by atoms with Crippen LogP contribution in [0, 0.1) is 0 Å². The van der Waals surface area contributed by atoms with E-state index in [0.717, 1.165) is 30.0 Å². The van der Waals surface area contributed by atoms with Gasteiger partial charge < -0.3 is 10.1 Å². The molecular weight excluding hydrogens is 242 g/mol. The standard InChI is InChI=1S/C13H19N5O/c1-4-15-12(7-10-9-18(2)17-16-10)11-5-6-14-8-13(11)19-3/h5-6,8-9,12,15H,4,7H2,1-3H3. The summed E-state index contributed by atoms with van der Waals surface area (Å²) in [5.41, 5.74) is 2.04. The Balaban J connectivity index is 2.23. The first-order valence-electron chi connectivity index (χ1n) is 6.31. The van der Waals surface area contributed by atoms with E-state index in [2.05, 4.69) is 27.5 Å². The second-order valence-electron chi connectivity index (χ2n) is 4.32. The summed E-state index contributed by atoms with van der Waals surface area (Å²) in [6.07, 6.45) is 6.20. The van der Waals surface area contributed by atoms with Crippen LogP contribution in [-0.2, 0) is 13.5 Å². The minimum atomic E-state index is 0.139. The summed E-state index contributed by atoms with van der Waals surface area (Å²) in [4.78, 5) is 4.08. The number of methoxy groups -OCH3 is 1. The first kappa shape index (κ1) is 13.5. The minimum Gasteiger partial charge on any atom is -0.495 e. The van der Waals surface area contributed by atoms with Crippen LogP contribution in [0.1, 0.15) is 24.2 Å². The lowest BCUT2D eigenvalue weighted by molar-refractivity contribution is 0.397. The highest BCUT2D eigenvalue weighted by Crippen LogP contribution is 2.25. The number of nitrogens with zero attached hydrogens (tertiary/aromatic N) is 4. The van der Waals surface area contributed by atoms with Gasteiger partial charge in [-0.1, -0.05) is 12.1 Å². The molecular formula is C13H19N5O. The molecule has 2 aromatic heterocycles. The number of nitrogens with one attached hydrogen (secondary N) is 1. The number of hydrogen-bond acceptors (Lipinski definition) is 5. The molecule has 0 saturated heterocycles. The summed E-state index contributed by atoms with van der Waals surface area (Å²) < 4.78 is 7.08. The van der Waals surface area contributed by atoms with Gasteiger partial charge in [-0.25, -0.2) is 0 Å². The van der Waals surface area contributed by atoms with Gasteiger partial charge in [-0.15, -0.1) is 5.10 Å². The molecule has 19 heavy (non-hydrogen) atoms. The third-order valence-electron chi connectivity index (χ3n) is 2.93. The van der Waals surface area contributed by atoms with Crippen molar-refractivity contribution in [2.75, 3.05) is 13.7 Å². The average molecular weight is 261 g/mol. The summed E-state index contributed by atoms with van der Waals surface area (Å²) in [5, 5.41) is 11.5. The lowest BCUT2D eigenvalue weighted by Gasteiger charge is -2.19. The first-order chi connectivity index (χ1) is 9.24. The molecule has 2 rings (SSSR count). The van der Waals surface area contributed by atoms with Crippen LogP contribution in [-0.4, -0.2) is 33.6 Å². The predicted octanol–water partition coefficient (Wildman–Crippen LogP) is 1.11. The Labute approximate surface area is 112 Å². The summed E-state index contributed by atoms with van der Waals surface area (Å²) in [7, 11) is 3.53. The van der Waals surface area contributed by atoms with E-state index in [-0.39, 0.29) is 6.04 Å². The van der Waals surface area contributed by atoms with E-state index >= 15 is 0 Å². The Hall–Kier alpha value is -1.95. The molecule has 6 nitrogen and oxygen atoms in total. The Kier molecular flexibility index (Phi) is 4.46. The lowest BCUT2D eigenvalue weighted by atomic mass is 10.0. The van der Waals surface area contributed by atoms with Crippen molar-refractivity contribution >= 4 is 0 Å². The molecule has 6 heteroatoms. The molecule has 0 aromatic carbocycles. The molecule has 0 fully saturated rings. The fourth-order valence-corrected chi connectivity index (χ4v) is 2.09. The highest BCUT2D eigenvalue weighted by atomic mass is 16.5. The van der Waals surface area contributed by atoms with Crippen molar-refractivity contribution in [3.8, 4) is 5.75 Å². The Morgan fingerprint density at radius 1 is 1.47 bits per heavy atom. The quantitative estimate of drug-likeness (QED) is 0.844. The number of aryl methyl sites for hydroxylation is 1. The van der Waals surface area contributed by atoms with Gasteiger partial charge in [0.2, 0.25) is 0 Å². The van der Waals surface area contributed by atoms with Gasteiger partial charge in [-0.3, -0.25) is 9.67 Å². The number of aromatic nitrogens is 4. The zero-order valence-electron chi connectivity index (χ0n) is 11.5. The minimum absolute atomic E-state index is 0.139. The van der Waals surface area contributed by atoms with Crippen LogP contribution in [0.4, 0.5) is 0 Å². The maximum atomic E-state index is 5.37. The van der Waals surface area contributed by atoms with E-state index in [4.69, 9.17) is 4.74 Å². The second-order valence-corrected chi connectivity index (χ2v) is 4.32. The monoisotopic (exact) mass is 261 g/mol. The number of ether oxygens (including phenoxy) is 1. The van der Waals surface area contributed by atoms with Crippen LogP contribution >= 0.6 is 0 Å². The van der Waals surface area contributed by atoms with Crippen molar-refractivity contribution < 1.29 is 4.74 Å². The zero-order valence-corrected chi connectivity index (χ0v) is 11.5. The van der Waals surface area contributed by atoms with Gasteiger partial charge in [0.05, 0.1) is 19.0 Å². The SMILES string of the molecule is CCNC(Cc1cn(C)nn1)c1ccncc1OC. The molecule has 2 aromatic rings. The largest absolute Gasteiger partial charge is 0.495 e. The van der Waals surface area contributed by atoms with Crippen LogP contribution in [0.25, 0.3) is 0 Å². The molecule has 0 bridgehead atoms. The summed E-state index contributed by atoms with van der Waals surface area (Å²) >= 11 is 0. The van der Waals surface area contributed by atoms with E-state index in [1.165, 1.54) is 0 Å². The van der Waals surface area contributed by atoms with Crippen LogP contribution in [0.2, 0.25) is 0 Å². The lowest BCUT2D eigenvalue weighted by Crippen LogP contribution is -2.23. The highest BCUT2D eigenvalue weighted by Gasteiger charge is 2.17. The molecule has 0 spiro atoms. The summed E-state index contributed by atoms with van der Waals surface area (Å²) in [5.74, 6) is 0.789. The van der Waals surface area contributed by atoms with Gasteiger partial charge in [0.15, 0.2) is 0 Å². The summed E-state index contributed by atoms with van der Waals surface area (Å²) in [6, 6.07) is 2.11. The summed E-state index contributed by atoms with van der Waals surface area (Å²) in [6.45, 7) is 2.95. The van der Waals surface area contributed by atoms with E-state index in [9.17, 15) is 0 Å². The van der Waals surface area contributed by atoms with Crippen molar-refractivity contribution in [3.05, 3.63) is 35.9 Å². The third-order valence-corrected chi connectivity index (χ3v) is 2.93. The van der Waals surface area contributed by atoms with Crippen molar-refractivity contribution in [3.63, 3.8) is 0 Å². The van der Waals surface area contributed by atoms with Gasteiger partial charge in [0.25, 0.3) is 0 Å². The molecule has 0 aliphatic heterocycles. The Morgan fingerprint density at radius 3 is 2.95 bits per heavy atom. The molecule has 1 N–H and O–H groups in total. The average Bonchev–Trinajstić information content (AvgIpc) is 2.84. The first-order valence-corrected chi connectivity index (χ1v) is 6.31. The molecule has 0 radical (unpaired) electrons. The molecule has 2 heterocycles. The smallest absolute Gasteiger partial charge is 0.141 e. The van der Waals surface area contributed by atoms with Gasteiger partial charge in [0, 0.05) is 37.5 Å². The Bertz CT molecular complexity index is 525. The molecule has 102 valence electrons.